The summed E-state index contributed by atoms with van der Waals surface area (Å²) in [7, 11) is 0. The number of nitrogens with one attached hydrogen (secondary N) is 2. The second-order valence-corrected chi connectivity index (χ2v) is 6.74. The molecule has 2 saturated heterocycles. The van der Waals surface area contributed by atoms with Crippen LogP contribution in [0.4, 0.5) is 4.79 Å². The lowest BCUT2D eigenvalue weighted by Gasteiger charge is -2.32. The van der Waals surface area contributed by atoms with Crippen molar-refractivity contribution in [3.05, 3.63) is 59.5 Å². The van der Waals surface area contributed by atoms with Crippen LogP contribution in [-0.2, 0) is 15.1 Å². The van der Waals surface area contributed by atoms with E-state index in [0.29, 0.717) is 36.6 Å². The molecule has 1 aromatic carbocycles. The van der Waals surface area contributed by atoms with E-state index in [1.807, 2.05) is 6.07 Å². The van der Waals surface area contributed by atoms with Gasteiger partial charge < -0.3 is 19.4 Å². The zero-order valence-corrected chi connectivity index (χ0v) is 14.7. The normalized spacial score (nSPS) is 25.2. The third kappa shape index (κ3) is 3.08. The second-order valence-electron chi connectivity index (χ2n) is 6.74. The Labute approximate surface area is 155 Å². The Bertz CT molecular complexity index is 895. The molecule has 0 aliphatic carbocycles. The van der Waals surface area contributed by atoms with Crippen LogP contribution in [0.1, 0.15) is 34.7 Å². The molecule has 2 N–H and O–H groups in total. The number of hydrogen-bond acceptors (Lipinski definition) is 5. The maximum atomic E-state index is 13.0. The second kappa shape index (κ2) is 6.55. The minimum atomic E-state index is -1.20. The van der Waals surface area contributed by atoms with Gasteiger partial charge in [0.1, 0.15) is 17.4 Å². The molecule has 0 radical (unpaired) electrons. The molecule has 2 aromatic rings. The predicted molar refractivity (Wildman–Crippen MR) is 93.8 cm³/mol. The Kier molecular flexibility index (Phi) is 4.19. The van der Waals surface area contributed by atoms with Crippen LogP contribution < -0.4 is 10.6 Å². The molecule has 2 aliphatic heterocycles. The Morgan fingerprint density at radius 2 is 2.11 bits per heavy atom. The highest BCUT2D eigenvalue weighted by atomic mass is 16.5. The number of imide groups is 1. The van der Waals surface area contributed by atoms with Crippen molar-refractivity contribution in [3.63, 3.8) is 0 Å². The molecular weight excluding hydrogens is 350 g/mol. The first-order chi connectivity index (χ1) is 13.0. The molecule has 8 nitrogen and oxygen atoms in total. The van der Waals surface area contributed by atoms with Gasteiger partial charge in [-0.2, -0.15) is 0 Å². The number of ether oxygens (including phenoxy) is 1. The van der Waals surface area contributed by atoms with Crippen LogP contribution in [0.3, 0.4) is 0 Å². The van der Waals surface area contributed by atoms with E-state index in [2.05, 4.69) is 10.6 Å². The van der Waals surface area contributed by atoms with Crippen molar-refractivity contribution in [1.29, 1.82) is 0 Å². The maximum absolute atomic E-state index is 13.0. The number of carbonyl (C=O) groups is 3. The quantitative estimate of drug-likeness (QED) is 0.800. The number of urea groups is 1. The van der Waals surface area contributed by atoms with Crippen molar-refractivity contribution in [2.45, 2.75) is 18.6 Å². The fraction of sp³-hybridized carbons (Fsp3) is 0.316. The molecule has 2 fully saturated rings. The summed E-state index contributed by atoms with van der Waals surface area (Å²) in [4.78, 5) is 38.3. The largest absolute Gasteiger partial charge is 0.467 e. The summed E-state index contributed by atoms with van der Waals surface area (Å²) >= 11 is 0. The monoisotopic (exact) mass is 369 g/mol. The van der Waals surface area contributed by atoms with Crippen molar-refractivity contribution in [3.8, 4) is 0 Å². The van der Waals surface area contributed by atoms with E-state index < -0.39 is 17.5 Å². The number of hydrogen-bond donors (Lipinski definition) is 2. The van der Waals surface area contributed by atoms with E-state index in [4.69, 9.17) is 9.15 Å². The molecule has 27 heavy (non-hydrogen) atoms. The Morgan fingerprint density at radius 1 is 1.26 bits per heavy atom. The van der Waals surface area contributed by atoms with Gasteiger partial charge in [0.15, 0.2) is 0 Å². The summed E-state index contributed by atoms with van der Waals surface area (Å²) in [5.41, 5.74) is -0.204. The van der Waals surface area contributed by atoms with Crippen LogP contribution in [0.15, 0.2) is 47.1 Å². The van der Waals surface area contributed by atoms with Crippen molar-refractivity contribution in [2.24, 2.45) is 0 Å². The molecule has 2 aliphatic rings. The van der Waals surface area contributed by atoms with Gasteiger partial charge in [-0.1, -0.05) is 12.1 Å². The number of nitrogens with zero attached hydrogens (tertiary/aromatic N) is 1. The lowest BCUT2D eigenvalue weighted by atomic mass is 9.91. The van der Waals surface area contributed by atoms with Crippen molar-refractivity contribution in [1.82, 2.24) is 15.5 Å². The van der Waals surface area contributed by atoms with E-state index in [1.54, 1.807) is 48.4 Å². The fourth-order valence-corrected chi connectivity index (χ4v) is 3.37. The highest BCUT2D eigenvalue weighted by Gasteiger charge is 2.43. The Hall–Kier alpha value is -3.13. The van der Waals surface area contributed by atoms with E-state index in [-0.39, 0.29) is 12.0 Å². The molecule has 0 saturated carbocycles. The first kappa shape index (κ1) is 17.3. The number of furan rings is 1. The number of amides is 4. The standard InChI is InChI=1S/C19H19N3O5/c1-19(17(24)20-18(25)21-19)13-5-2-4-12(10-13)16(23)22-7-9-27-15(11-22)14-6-3-8-26-14/h2-6,8,10,15H,7,9,11H2,1H3,(H2,20,21,24,25). The molecule has 8 heteroatoms. The van der Waals surface area contributed by atoms with Crippen molar-refractivity contribution < 1.29 is 23.5 Å². The Morgan fingerprint density at radius 3 is 2.81 bits per heavy atom. The SMILES string of the molecule is CC1(c2cccc(C(=O)N3CCOC(c4ccco4)C3)c2)NC(=O)NC1=O. The minimum Gasteiger partial charge on any atom is -0.467 e. The van der Waals surface area contributed by atoms with Crippen LogP contribution in [0.2, 0.25) is 0 Å². The van der Waals surface area contributed by atoms with Gasteiger partial charge in [-0.25, -0.2) is 4.79 Å². The smallest absolute Gasteiger partial charge is 0.322 e. The molecule has 0 spiro atoms. The number of rotatable bonds is 3. The van der Waals surface area contributed by atoms with Gasteiger partial charge in [-0.15, -0.1) is 0 Å². The van der Waals surface area contributed by atoms with Crippen molar-refractivity contribution in [2.75, 3.05) is 19.7 Å². The predicted octanol–water partition coefficient (Wildman–Crippen LogP) is 1.55. The topological polar surface area (TPSA) is 101 Å². The van der Waals surface area contributed by atoms with Gasteiger partial charge in [0.05, 0.1) is 19.4 Å². The van der Waals surface area contributed by atoms with Gasteiger partial charge in [-0.05, 0) is 36.8 Å². The summed E-state index contributed by atoms with van der Waals surface area (Å²) in [5, 5.41) is 4.84. The van der Waals surface area contributed by atoms with Crippen LogP contribution in [0, 0.1) is 0 Å². The average Bonchev–Trinajstić information content (AvgIpc) is 3.30. The van der Waals surface area contributed by atoms with E-state index in [1.165, 1.54) is 0 Å². The molecule has 1 aromatic heterocycles. The third-order valence-corrected chi connectivity index (χ3v) is 4.95. The Balaban J connectivity index is 1.56. The van der Waals surface area contributed by atoms with Gasteiger partial charge in [0, 0.05) is 12.1 Å². The number of morpholine rings is 1. The number of benzene rings is 1. The summed E-state index contributed by atoms with van der Waals surface area (Å²) in [6, 6.07) is 9.81. The van der Waals surface area contributed by atoms with Gasteiger partial charge in [0.25, 0.3) is 11.8 Å². The summed E-state index contributed by atoms with van der Waals surface area (Å²) < 4.78 is 11.1. The molecule has 4 rings (SSSR count). The summed E-state index contributed by atoms with van der Waals surface area (Å²) in [6.45, 7) is 2.87. The lowest BCUT2D eigenvalue weighted by molar-refractivity contribution is -0.123. The fourth-order valence-electron chi connectivity index (χ4n) is 3.37. The first-order valence-electron chi connectivity index (χ1n) is 8.66. The van der Waals surface area contributed by atoms with Crippen LogP contribution in [0.25, 0.3) is 0 Å². The minimum absolute atomic E-state index is 0.162. The molecule has 4 amide bonds. The zero-order valence-electron chi connectivity index (χ0n) is 14.7. The lowest BCUT2D eigenvalue weighted by Crippen LogP contribution is -2.43. The molecule has 3 heterocycles. The highest BCUT2D eigenvalue weighted by molar-refractivity contribution is 6.07. The van der Waals surface area contributed by atoms with Gasteiger partial charge in [-0.3, -0.25) is 14.9 Å². The van der Waals surface area contributed by atoms with Crippen molar-refractivity contribution >= 4 is 17.8 Å². The molecule has 2 atom stereocenters. The summed E-state index contributed by atoms with van der Waals surface area (Å²) in [5.74, 6) is 0.0745. The van der Waals surface area contributed by atoms with Gasteiger partial charge >= 0.3 is 6.03 Å². The molecule has 2 unspecified atom stereocenters. The number of carbonyl (C=O) groups excluding carboxylic acids is 3. The van der Waals surface area contributed by atoms with Crippen LogP contribution >= 0.6 is 0 Å². The van der Waals surface area contributed by atoms with Crippen LogP contribution in [0.5, 0.6) is 0 Å². The van der Waals surface area contributed by atoms with E-state index in [9.17, 15) is 14.4 Å². The zero-order chi connectivity index (χ0) is 19.0. The average molecular weight is 369 g/mol. The summed E-state index contributed by atoms with van der Waals surface area (Å²) in [6.07, 6.45) is 1.27. The van der Waals surface area contributed by atoms with Gasteiger partial charge in [0.2, 0.25) is 0 Å². The highest BCUT2D eigenvalue weighted by Crippen LogP contribution is 2.27. The molecular formula is C19H19N3O5. The molecule has 0 bridgehead atoms. The van der Waals surface area contributed by atoms with E-state index >= 15 is 0 Å². The van der Waals surface area contributed by atoms with Crippen LogP contribution in [-0.4, -0.2) is 42.4 Å². The maximum Gasteiger partial charge on any atom is 0.322 e. The van der Waals surface area contributed by atoms with E-state index in [0.717, 1.165) is 0 Å². The molecule has 140 valence electrons. The third-order valence-electron chi connectivity index (χ3n) is 4.95. The first-order valence-corrected chi connectivity index (χ1v) is 8.66.